The molecule has 0 radical (unpaired) electrons. The van der Waals surface area contributed by atoms with Crippen molar-refractivity contribution in [3.05, 3.63) is 40.4 Å². The van der Waals surface area contributed by atoms with Crippen LogP contribution in [0.15, 0.2) is 23.6 Å². The first-order valence-corrected chi connectivity index (χ1v) is 7.83. The van der Waals surface area contributed by atoms with Crippen molar-refractivity contribution in [1.82, 2.24) is 9.88 Å². The molecule has 0 aliphatic carbocycles. The molecule has 0 atom stereocenters. The monoisotopic (exact) mass is 297 g/mol. The van der Waals surface area contributed by atoms with Gasteiger partial charge in [0.05, 0.1) is 17.2 Å². The first-order valence-electron chi connectivity index (χ1n) is 6.95. The summed E-state index contributed by atoms with van der Waals surface area (Å²) in [7, 11) is 0. The molecule has 1 aliphatic heterocycles. The maximum atomic E-state index is 12.8. The van der Waals surface area contributed by atoms with Crippen LogP contribution in [-0.2, 0) is 0 Å². The maximum absolute atomic E-state index is 12.8. The van der Waals surface area contributed by atoms with Crippen molar-refractivity contribution in [3.8, 4) is 16.6 Å². The summed E-state index contributed by atoms with van der Waals surface area (Å²) in [5, 5.41) is 12.1. The fourth-order valence-corrected chi connectivity index (χ4v) is 3.44. The molecule has 0 unspecified atom stereocenters. The highest BCUT2D eigenvalue weighted by molar-refractivity contribution is 7.13. The molecular weight excluding hydrogens is 282 g/mol. The predicted octanol–water partition coefficient (Wildman–Crippen LogP) is 3.23. The lowest BCUT2D eigenvalue weighted by Crippen LogP contribution is -2.28. The second-order valence-corrected chi connectivity index (χ2v) is 5.99. The van der Waals surface area contributed by atoms with Gasteiger partial charge in [-0.1, -0.05) is 12.1 Å². The van der Waals surface area contributed by atoms with Crippen LogP contribution in [0.1, 0.15) is 34.5 Å². The van der Waals surface area contributed by atoms with Crippen LogP contribution < -0.4 is 0 Å². The number of hydrogen-bond donors (Lipinski definition) is 0. The van der Waals surface area contributed by atoms with Gasteiger partial charge in [0.15, 0.2) is 0 Å². The SMILES string of the molecule is Cc1csc(-c2cccc(C#N)c2C(=O)N2CCCC2)n1. The average Bonchev–Trinajstić information content (AvgIpc) is 3.17. The van der Waals surface area contributed by atoms with E-state index in [4.69, 9.17) is 0 Å². The summed E-state index contributed by atoms with van der Waals surface area (Å²) in [6.07, 6.45) is 2.07. The van der Waals surface area contributed by atoms with Gasteiger partial charge in [0.2, 0.25) is 0 Å². The molecule has 0 spiro atoms. The van der Waals surface area contributed by atoms with Crippen LogP contribution in [0.3, 0.4) is 0 Å². The standard InChI is InChI=1S/C16H15N3OS/c1-11-10-21-15(18-11)13-6-4-5-12(9-17)14(13)16(20)19-7-2-3-8-19/h4-6,10H,2-3,7-8H2,1H3. The van der Waals surface area contributed by atoms with Crippen molar-refractivity contribution in [2.24, 2.45) is 0 Å². The summed E-state index contributed by atoms with van der Waals surface area (Å²) in [6.45, 7) is 3.47. The van der Waals surface area contributed by atoms with Crippen molar-refractivity contribution in [1.29, 1.82) is 5.26 Å². The van der Waals surface area contributed by atoms with E-state index in [1.165, 1.54) is 11.3 Å². The average molecular weight is 297 g/mol. The van der Waals surface area contributed by atoms with Gasteiger partial charge in [-0.2, -0.15) is 5.26 Å². The van der Waals surface area contributed by atoms with E-state index in [2.05, 4.69) is 11.1 Å². The lowest BCUT2D eigenvalue weighted by molar-refractivity contribution is 0.0793. The van der Waals surface area contributed by atoms with Gasteiger partial charge in [0.25, 0.3) is 5.91 Å². The molecule has 4 nitrogen and oxygen atoms in total. The molecule has 106 valence electrons. The molecule has 0 N–H and O–H groups in total. The molecule has 1 amide bonds. The minimum absolute atomic E-state index is 0.0486. The van der Waals surface area contributed by atoms with Crippen molar-refractivity contribution >= 4 is 17.2 Å². The van der Waals surface area contributed by atoms with E-state index in [0.717, 1.165) is 42.2 Å². The second-order valence-electron chi connectivity index (χ2n) is 5.13. The number of nitrogens with zero attached hydrogens (tertiary/aromatic N) is 3. The van der Waals surface area contributed by atoms with E-state index in [1.54, 1.807) is 6.07 Å². The first kappa shape index (κ1) is 13.8. The Labute approximate surface area is 127 Å². The number of nitriles is 1. The van der Waals surface area contributed by atoms with Gasteiger partial charge in [-0.15, -0.1) is 11.3 Å². The van der Waals surface area contributed by atoms with Crippen LogP contribution in [0.2, 0.25) is 0 Å². The number of aromatic nitrogens is 1. The van der Waals surface area contributed by atoms with Gasteiger partial charge in [-0.25, -0.2) is 4.98 Å². The number of thiazole rings is 1. The Morgan fingerprint density at radius 3 is 2.76 bits per heavy atom. The number of carbonyl (C=O) groups excluding carboxylic acids is 1. The van der Waals surface area contributed by atoms with E-state index in [0.29, 0.717) is 11.1 Å². The van der Waals surface area contributed by atoms with Crippen LogP contribution in [0, 0.1) is 18.3 Å². The molecule has 2 aromatic rings. The maximum Gasteiger partial charge on any atom is 0.255 e. The summed E-state index contributed by atoms with van der Waals surface area (Å²) in [6, 6.07) is 7.54. The van der Waals surface area contributed by atoms with E-state index in [1.807, 2.05) is 29.3 Å². The topological polar surface area (TPSA) is 57.0 Å². The number of likely N-dealkylation sites (tertiary alicyclic amines) is 1. The van der Waals surface area contributed by atoms with Gasteiger partial charge in [0, 0.05) is 29.7 Å². The largest absolute Gasteiger partial charge is 0.339 e. The Morgan fingerprint density at radius 1 is 1.38 bits per heavy atom. The van der Waals surface area contributed by atoms with E-state index >= 15 is 0 Å². The van der Waals surface area contributed by atoms with Crippen LogP contribution in [0.4, 0.5) is 0 Å². The minimum Gasteiger partial charge on any atom is -0.339 e. The third-order valence-electron chi connectivity index (χ3n) is 3.64. The molecule has 2 heterocycles. The number of carbonyl (C=O) groups is 1. The third kappa shape index (κ3) is 2.55. The molecule has 21 heavy (non-hydrogen) atoms. The fraction of sp³-hybridized carbons (Fsp3) is 0.312. The van der Waals surface area contributed by atoms with Crippen LogP contribution in [0.5, 0.6) is 0 Å². The normalized spacial score (nSPS) is 14.2. The summed E-state index contributed by atoms with van der Waals surface area (Å²) in [4.78, 5) is 19.1. The molecular formula is C16H15N3OS. The van der Waals surface area contributed by atoms with Gasteiger partial charge >= 0.3 is 0 Å². The first-order chi connectivity index (χ1) is 10.2. The Morgan fingerprint density at radius 2 is 2.14 bits per heavy atom. The molecule has 3 rings (SSSR count). The van der Waals surface area contributed by atoms with Gasteiger partial charge in [0.1, 0.15) is 5.01 Å². The summed E-state index contributed by atoms with van der Waals surface area (Å²) < 4.78 is 0. The number of amides is 1. The van der Waals surface area contributed by atoms with Crippen molar-refractivity contribution in [2.75, 3.05) is 13.1 Å². The van der Waals surface area contributed by atoms with Crippen LogP contribution in [-0.4, -0.2) is 28.9 Å². The Hall–Kier alpha value is -2.19. The van der Waals surface area contributed by atoms with Gasteiger partial charge in [-0.05, 0) is 25.8 Å². The number of hydrogen-bond acceptors (Lipinski definition) is 4. The van der Waals surface area contributed by atoms with E-state index < -0.39 is 0 Å². The van der Waals surface area contributed by atoms with E-state index in [9.17, 15) is 10.1 Å². The highest BCUT2D eigenvalue weighted by atomic mass is 32.1. The van der Waals surface area contributed by atoms with Crippen LogP contribution in [0.25, 0.3) is 10.6 Å². The molecule has 5 heteroatoms. The number of aryl methyl sites for hydroxylation is 1. The molecule has 1 aromatic heterocycles. The van der Waals surface area contributed by atoms with Gasteiger partial charge in [-0.3, -0.25) is 4.79 Å². The van der Waals surface area contributed by atoms with Gasteiger partial charge < -0.3 is 4.90 Å². The highest BCUT2D eigenvalue weighted by Gasteiger charge is 2.25. The zero-order chi connectivity index (χ0) is 14.8. The zero-order valence-corrected chi connectivity index (χ0v) is 12.6. The third-order valence-corrected chi connectivity index (χ3v) is 4.63. The summed E-state index contributed by atoms with van der Waals surface area (Å²) >= 11 is 1.50. The molecule has 0 saturated carbocycles. The van der Waals surface area contributed by atoms with Crippen molar-refractivity contribution in [2.45, 2.75) is 19.8 Å². The molecule has 1 aliphatic rings. The summed E-state index contributed by atoms with van der Waals surface area (Å²) in [5.74, 6) is -0.0486. The summed E-state index contributed by atoms with van der Waals surface area (Å²) in [5.41, 5.74) is 2.62. The molecule has 1 saturated heterocycles. The quantitative estimate of drug-likeness (QED) is 0.855. The zero-order valence-electron chi connectivity index (χ0n) is 11.8. The number of benzene rings is 1. The Kier molecular flexibility index (Phi) is 3.72. The van der Waals surface area contributed by atoms with E-state index in [-0.39, 0.29) is 5.91 Å². The fourth-order valence-electron chi connectivity index (χ4n) is 2.61. The molecule has 1 fully saturated rings. The van der Waals surface area contributed by atoms with Crippen molar-refractivity contribution in [3.63, 3.8) is 0 Å². The van der Waals surface area contributed by atoms with Crippen molar-refractivity contribution < 1.29 is 4.79 Å². The minimum atomic E-state index is -0.0486. The van der Waals surface area contributed by atoms with Crippen LogP contribution >= 0.6 is 11.3 Å². The second kappa shape index (κ2) is 5.66. The highest BCUT2D eigenvalue weighted by Crippen LogP contribution is 2.30. The Bertz CT molecular complexity index is 723. The number of rotatable bonds is 2. The molecule has 1 aromatic carbocycles. The predicted molar refractivity (Wildman–Crippen MR) is 82.1 cm³/mol. The Balaban J connectivity index is 2.12. The lowest BCUT2D eigenvalue weighted by atomic mass is 10.0. The molecule has 0 bridgehead atoms. The lowest BCUT2D eigenvalue weighted by Gasteiger charge is -2.18. The smallest absolute Gasteiger partial charge is 0.255 e.